The van der Waals surface area contributed by atoms with Crippen LogP contribution in [0.3, 0.4) is 0 Å². The molecule has 0 heterocycles. The van der Waals surface area contributed by atoms with Crippen LogP contribution in [0.2, 0.25) is 0 Å². The fourth-order valence-corrected chi connectivity index (χ4v) is 0. The monoisotopic (exact) mass is 191 g/mol. The molecule has 0 unspecified atom stereocenters. The number of nitriles is 1. The third kappa shape index (κ3) is 7.25. The standard InChI is InChI=1S/C4H10O3S.C3H3N/c1-4(2,3)8(5,6)7;1-2-3-4/h1-3H3,(H,5,6,7);2H,1H2. The second-order valence-electron chi connectivity index (χ2n) is 2.92. The molecule has 0 saturated carbocycles. The highest BCUT2D eigenvalue weighted by atomic mass is 32.2. The van der Waals surface area contributed by atoms with Crippen molar-refractivity contribution in [1.82, 2.24) is 0 Å². The van der Waals surface area contributed by atoms with Crippen LogP contribution in [0.4, 0.5) is 0 Å². The average molecular weight is 191 g/mol. The Hall–Kier alpha value is -0.860. The van der Waals surface area contributed by atoms with E-state index in [1.54, 1.807) is 6.07 Å². The quantitative estimate of drug-likeness (QED) is 0.463. The summed E-state index contributed by atoms with van der Waals surface area (Å²) in [5.41, 5.74) is 0. The van der Waals surface area contributed by atoms with E-state index in [9.17, 15) is 8.42 Å². The molecule has 0 atom stereocenters. The molecule has 5 heteroatoms. The topological polar surface area (TPSA) is 78.2 Å². The lowest BCUT2D eigenvalue weighted by atomic mass is 10.3. The molecule has 4 nitrogen and oxygen atoms in total. The second kappa shape index (κ2) is 4.91. The van der Waals surface area contributed by atoms with Gasteiger partial charge in [-0.3, -0.25) is 4.55 Å². The van der Waals surface area contributed by atoms with Crippen molar-refractivity contribution < 1.29 is 13.0 Å². The van der Waals surface area contributed by atoms with Gasteiger partial charge in [-0.25, -0.2) is 0 Å². The van der Waals surface area contributed by atoms with Gasteiger partial charge in [0.15, 0.2) is 0 Å². The van der Waals surface area contributed by atoms with Gasteiger partial charge in [-0.1, -0.05) is 6.58 Å². The highest BCUT2D eigenvalue weighted by molar-refractivity contribution is 7.87. The molecular weight excluding hydrogens is 178 g/mol. The molecule has 0 aromatic heterocycles. The van der Waals surface area contributed by atoms with E-state index in [0.717, 1.165) is 0 Å². The largest absolute Gasteiger partial charge is 0.285 e. The Morgan fingerprint density at radius 3 is 1.67 bits per heavy atom. The van der Waals surface area contributed by atoms with Gasteiger partial charge in [-0.2, -0.15) is 13.7 Å². The van der Waals surface area contributed by atoms with Crippen molar-refractivity contribution >= 4 is 10.1 Å². The van der Waals surface area contributed by atoms with Gasteiger partial charge in [0.25, 0.3) is 10.1 Å². The zero-order valence-corrected chi connectivity index (χ0v) is 8.22. The van der Waals surface area contributed by atoms with Crippen molar-refractivity contribution in [3.05, 3.63) is 12.7 Å². The van der Waals surface area contributed by atoms with Gasteiger partial charge in [-0.15, -0.1) is 0 Å². The van der Waals surface area contributed by atoms with Gasteiger partial charge in [-0.05, 0) is 20.8 Å². The first-order chi connectivity index (χ1) is 5.16. The fourth-order valence-electron chi connectivity index (χ4n) is 0. The van der Waals surface area contributed by atoms with Crippen LogP contribution in [0.1, 0.15) is 20.8 Å². The second-order valence-corrected chi connectivity index (χ2v) is 5.10. The smallest absolute Gasteiger partial charge is 0.269 e. The number of allylic oxidation sites excluding steroid dienone is 1. The molecule has 0 aliphatic rings. The van der Waals surface area contributed by atoms with E-state index in [4.69, 9.17) is 9.81 Å². The zero-order valence-electron chi connectivity index (χ0n) is 7.40. The summed E-state index contributed by atoms with van der Waals surface area (Å²) in [6.07, 6.45) is 1.18. The van der Waals surface area contributed by atoms with Gasteiger partial charge in [0.2, 0.25) is 0 Å². The van der Waals surface area contributed by atoms with Crippen molar-refractivity contribution in [3.8, 4) is 6.07 Å². The Balaban J connectivity index is 0. The Kier molecular flexibility index (Phi) is 5.61. The zero-order chi connectivity index (χ0) is 10.4. The predicted molar refractivity (Wildman–Crippen MR) is 47.1 cm³/mol. The lowest BCUT2D eigenvalue weighted by Gasteiger charge is -2.12. The van der Waals surface area contributed by atoms with Crippen molar-refractivity contribution in [2.75, 3.05) is 0 Å². The first-order valence-corrected chi connectivity index (χ1v) is 4.58. The Labute approximate surface area is 73.3 Å². The Morgan fingerprint density at radius 2 is 1.67 bits per heavy atom. The summed E-state index contributed by atoms with van der Waals surface area (Å²) < 4.78 is 27.7. The number of hydrogen-bond acceptors (Lipinski definition) is 3. The summed E-state index contributed by atoms with van der Waals surface area (Å²) in [5.74, 6) is 0. The molecule has 0 amide bonds. The van der Waals surface area contributed by atoms with Crippen LogP contribution < -0.4 is 0 Å². The summed E-state index contributed by atoms with van der Waals surface area (Å²) in [4.78, 5) is 0. The number of hydrogen-bond donors (Lipinski definition) is 1. The molecule has 0 aliphatic heterocycles. The summed E-state index contributed by atoms with van der Waals surface area (Å²) in [6.45, 7) is 7.42. The van der Waals surface area contributed by atoms with Crippen molar-refractivity contribution in [3.63, 3.8) is 0 Å². The van der Waals surface area contributed by atoms with Gasteiger partial charge < -0.3 is 0 Å². The van der Waals surface area contributed by atoms with E-state index in [2.05, 4.69) is 6.58 Å². The molecule has 0 saturated heterocycles. The summed E-state index contributed by atoms with van der Waals surface area (Å²) >= 11 is 0. The lowest BCUT2D eigenvalue weighted by molar-refractivity contribution is 0.450. The van der Waals surface area contributed by atoms with Crippen LogP contribution >= 0.6 is 0 Å². The molecule has 0 bridgehead atoms. The molecule has 1 N–H and O–H groups in total. The number of nitrogens with zero attached hydrogens (tertiary/aromatic N) is 1. The van der Waals surface area contributed by atoms with E-state index < -0.39 is 14.9 Å². The van der Waals surface area contributed by atoms with Crippen molar-refractivity contribution in [2.24, 2.45) is 0 Å². The molecule has 12 heavy (non-hydrogen) atoms. The Morgan fingerprint density at radius 1 is 1.50 bits per heavy atom. The minimum absolute atomic E-state index is 1.03. The van der Waals surface area contributed by atoms with Crippen molar-refractivity contribution in [2.45, 2.75) is 25.5 Å². The maximum Gasteiger partial charge on any atom is 0.269 e. The van der Waals surface area contributed by atoms with E-state index in [0.29, 0.717) is 0 Å². The minimum Gasteiger partial charge on any atom is -0.285 e. The normalized spacial score (nSPS) is 10.6. The van der Waals surface area contributed by atoms with Crippen molar-refractivity contribution in [1.29, 1.82) is 5.26 Å². The summed E-state index contributed by atoms with van der Waals surface area (Å²) in [6, 6.07) is 1.69. The third-order valence-corrected chi connectivity index (χ3v) is 2.41. The molecule has 0 rings (SSSR count). The van der Waals surface area contributed by atoms with E-state index in [1.165, 1.54) is 26.8 Å². The van der Waals surface area contributed by atoms with Gasteiger partial charge in [0.05, 0.1) is 10.8 Å². The highest BCUT2D eigenvalue weighted by Gasteiger charge is 2.25. The molecule has 0 aromatic rings. The average Bonchev–Trinajstić information content (AvgIpc) is 1.84. The molecular formula is C7H13NO3S. The van der Waals surface area contributed by atoms with Crippen LogP contribution in [0.25, 0.3) is 0 Å². The van der Waals surface area contributed by atoms with E-state index in [1.807, 2.05) is 0 Å². The SMILES string of the molecule is C=CC#N.CC(C)(C)S(=O)(=O)O. The predicted octanol–water partition coefficient (Wildman–Crippen LogP) is 1.37. The van der Waals surface area contributed by atoms with Crippen LogP contribution in [-0.2, 0) is 10.1 Å². The van der Waals surface area contributed by atoms with Crippen LogP contribution in [0.5, 0.6) is 0 Å². The maximum absolute atomic E-state index is 10.2. The maximum atomic E-state index is 10.2. The molecule has 70 valence electrons. The highest BCUT2D eigenvalue weighted by Crippen LogP contribution is 2.11. The lowest BCUT2D eigenvalue weighted by Crippen LogP contribution is -2.26. The summed E-state index contributed by atoms with van der Waals surface area (Å²) in [5, 5.41) is 7.51. The van der Waals surface area contributed by atoms with Crippen LogP contribution in [0, 0.1) is 11.3 Å². The van der Waals surface area contributed by atoms with Gasteiger partial charge >= 0.3 is 0 Å². The molecule has 0 aliphatic carbocycles. The van der Waals surface area contributed by atoms with Gasteiger partial charge in [0, 0.05) is 6.08 Å². The third-order valence-electron chi connectivity index (χ3n) is 0.865. The van der Waals surface area contributed by atoms with Crippen LogP contribution in [-0.4, -0.2) is 17.7 Å². The molecule has 0 spiro atoms. The van der Waals surface area contributed by atoms with E-state index >= 15 is 0 Å². The minimum atomic E-state index is -3.84. The molecule has 0 fully saturated rings. The first kappa shape index (κ1) is 13.7. The van der Waals surface area contributed by atoms with E-state index in [-0.39, 0.29) is 0 Å². The molecule has 0 radical (unpaired) electrons. The van der Waals surface area contributed by atoms with Crippen LogP contribution in [0.15, 0.2) is 12.7 Å². The Bertz CT molecular complexity index is 266. The van der Waals surface area contributed by atoms with Gasteiger partial charge in [0.1, 0.15) is 0 Å². The number of rotatable bonds is 0. The first-order valence-electron chi connectivity index (χ1n) is 3.14. The fraction of sp³-hybridized carbons (Fsp3) is 0.571. The summed E-state index contributed by atoms with van der Waals surface area (Å²) in [7, 11) is -3.84. The molecule has 0 aromatic carbocycles.